The number of nitrogens with zero attached hydrogens (tertiary/aromatic N) is 3. The van der Waals surface area contributed by atoms with Gasteiger partial charge in [0.15, 0.2) is 0 Å². The third-order valence-electron chi connectivity index (χ3n) is 16.0. The summed E-state index contributed by atoms with van der Waals surface area (Å²) in [7, 11) is 5.21. The van der Waals surface area contributed by atoms with Crippen molar-refractivity contribution < 1.29 is 53.1 Å². The molecule has 70 heavy (non-hydrogen) atoms. The number of hydrogen-bond acceptors (Lipinski definition) is 12. The highest BCUT2D eigenvalue weighted by molar-refractivity contribution is 6.39. The number of aromatic nitrogens is 1. The van der Waals surface area contributed by atoms with Gasteiger partial charge in [-0.25, -0.2) is 4.79 Å². The van der Waals surface area contributed by atoms with Gasteiger partial charge in [0.05, 0.1) is 30.5 Å². The van der Waals surface area contributed by atoms with Crippen LogP contribution in [0.3, 0.4) is 0 Å². The lowest BCUT2D eigenvalue weighted by Crippen LogP contribution is -2.64. The van der Waals surface area contributed by atoms with Gasteiger partial charge >= 0.3 is 5.97 Å². The number of aliphatic hydroxyl groups is 2. The quantitative estimate of drug-likeness (QED) is 0.126. The van der Waals surface area contributed by atoms with Gasteiger partial charge in [-0.2, -0.15) is 0 Å². The summed E-state index contributed by atoms with van der Waals surface area (Å²) >= 11 is 0. The van der Waals surface area contributed by atoms with E-state index in [1.54, 1.807) is 28.1 Å². The van der Waals surface area contributed by atoms with E-state index in [1.807, 2.05) is 39.8 Å². The zero-order chi connectivity index (χ0) is 51.0. The minimum atomic E-state index is -2.51. The Morgan fingerprint density at radius 2 is 1.70 bits per heavy atom. The lowest BCUT2D eigenvalue weighted by Gasteiger charge is -2.47. The van der Waals surface area contributed by atoms with Crippen molar-refractivity contribution in [3.05, 3.63) is 66.4 Å². The van der Waals surface area contributed by atoms with Gasteiger partial charge in [0.1, 0.15) is 24.0 Å². The predicted octanol–water partition coefficient (Wildman–Crippen LogP) is 8.15. The van der Waals surface area contributed by atoms with E-state index in [0.29, 0.717) is 45.1 Å². The molecule has 14 unspecified atom stereocenters. The van der Waals surface area contributed by atoms with Gasteiger partial charge in [0.25, 0.3) is 11.7 Å². The van der Waals surface area contributed by atoms with Crippen LogP contribution in [0.4, 0.5) is 5.69 Å². The van der Waals surface area contributed by atoms with Gasteiger partial charge in [0, 0.05) is 87.9 Å². The summed E-state index contributed by atoms with van der Waals surface area (Å²) in [5.74, 6) is -7.41. The van der Waals surface area contributed by atoms with Crippen LogP contribution in [0.1, 0.15) is 119 Å². The Morgan fingerprint density at radius 3 is 2.39 bits per heavy atom. The molecule has 0 spiro atoms. The second kappa shape index (κ2) is 24.5. The number of aliphatic hydroxyl groups excluding tert-OH is 1. The van der Waals surface area contributed by atoms with Crippen LogP contribution in [0.25, 0.3) is 10.9 Å². The molecule has 1 aromatic heterocycles. The van der Waals surface area contributed by atoms with Crippen LogP contribution in [0.15, 0.2) is 66.4 Å². The molecule has 2 saturated heterocycles. The third kappa shape index (κ3) is 12.3. The monoisotopic (exact) mass is 974 g/mol. The molecule has 14 nitrogen and oxygen atoms in total. The number of benzene rings is 1. The van der Waals surface area contributed by atoms with Crippen LogP contribution in [0.2, 0.25) is 0 Å². The Bertz CT molecular complexity index is 2200. The fourth-order valence-corrected chi connectivity index (χ4v) is 11.9. The first-order chi connectivity index (χ1) is 33.4. The van der Waals surface area contributed by atoms with Gasteiger partial charge in [-0.05, 0) is 127 Å². The Balaban J connectivity index is 1.31. The van der Waals surface area contributed by atoms with Crippen molar-refractivity contribution >= 4 is 40.0 Å². The van der Waals surface area contributed by atoms with Crippen molar-refractivity contribution in [2.24, 2.45) is 29.6 Å². The van der Waals surface area contributed by atoms with E-state index in [2.05, 4.69) is 66.6 Å². The van der Waals surface area contributed by atoms with Gasteiger partial charge in [-0.15, -0.1) is 6.58 Å². The number of ketones is 2. The SMILES string of the molecule is C=CCn1ccc2cc(N(C)C3CCC(C=C(C)C4OC(=O)C5CCCCN5C(=O)C(=O)C5(O)OC(C(OC)CC(C)CC(C)=CC(CC)C(=O)CC(O)C4C)C(OC)CC5C)CC3OCC)ccc21. The minimum absolute atomic E-state index is 0.0310. The van der Waals surface area contributed by atoms with Gasteiger partial charge < -0.3 is 48.3 Å². The molecular formula is C56H83N3O11. The number of anilines is 1. The average molecular weight is 974 g/mol. The number of fused-ring (bicyclic) bond motifs is 4. The zero-order valence-corrected chi connectivity index (χ0v) is 43.6. The second-order valence-electron chi connectivity index (χ2n) is 21.0. The van der Waals surface area contributed by atoms with E-state index in [9.17, 15) is 29.4 Å². The van der Waals surface area contributed by atoms with Crippen LogP contribution in [0.5, 0.6) is 0 Å². The van der Waals surface area contributed by atoms with Crippen molar-refractivity contribution in [1.82, 2.24) is 9.47 Å². The maximum atomic E-state index is 14.7. The molecule has 2 aromatic rings. The van der Waals surface area contributed by atoms with Gasteiger partial charge in [-0.3, -0.25) is 14.4 Å². The molecule has 1 aromatic carbocycles. The standard InChI is InChI=1S/C56H83N3O11/c1-12-23-58-25-22-41-32-42(19-21-43(41)58)57(9)44-20-18-39(31-48(44)68-14-3)29-36(6)51-38(8)46(60)33-47(61)40(13-2)27-34(4)26-35(5)28-49(66-10)52-50(67-11)30-37(7)56(65,70-52)53(62)54(63)59-24-16-15-17-45(59)55(64)69-51/h12,19,21-22,25,27,29,32,35,37-40,44-46,48-52,60,65H,1,13-18,20,23-24,26,28,30-31,33H2,2-11H3. The number of esters is 1. The second-order valence-corrected chi connectivity index (χ2v) is 21.0. The van der Waals surface area contributed by atoms with E-state index in [-0.39, 0.29) is 55.6 Å². The first-order valence-electron chi connectivity index (χ1n) is 26.0. The number of hydrogen-bond donors (Lipinski definition) is 2. The van der Waals surface area contributed by atoms with Crippen molar-refractivity contribution in [2.75, 3.05) is 39.3 Å². The number of carbonyl (C=O) groups excluding carboxylic acids is 4. The molecule has 14 atom stereocenters. The summed E-state index contributed by atoms with van der Waals surface area (Å²) in [5.41, 5.74) is 3.98. The molecule has 1 saturated carbocycles. The summed E-state index contributed by atoms with van der Waals surface area (Å²) in [5, 5.41) is 25.3. The number of piperidine rings is 1. The molecule has 0 radical (unpaired) electrons. The highest BCUT2D eigenvalue weighted by atomic mass is 16.7. The van der Waals surface area contributed by atoms with E-state index < -0.39 is 77.8 Å². The van der Waals surface area contributed by atoms with Crippen LogP contribution in [-0.4, -0.2) is 132 Å². The summed E-state index contributed by atoms with van der Waals surface area (Å²) in [6, 6.07) is 7.63. The number of methoxy groups -OCH3 is 2. The fourth-order valence-electron chi connectivity index (χ4n) is 11.9. The number of likely N-dealkylation sites (N-methyl/N-ethyl adjacent to an activating group) is 1. The first-order valence-corrected chi connectivity index (χ1v) is 26.0. The Labute approximate surface area is 416 Å². The molecule has 3 aliphatic heterocycles. The smallest absolute Gasteiger partial charge is 0.329 e. The molecule has 1 aliphatic carbocycles. The number of Topliss-reactive ketones (excluding diaryl/α,β-unsaturated/α-hetero) is 2. The molecule has 2 N–H and O–H groups in total. The molecule has 6 rings (SSSR count). The molecule has 1 amide bonds. The molecule has 4 heterocycles. The van der Waals surface area contributed by atoms with E-state index in [4.69, 9.17) is 23.7 Å². The van der Waals surface area contributed by atoms with Crippen LogP contribution < -0.4 is 4.90 Å². The normalized spacial score (nSPS) is 34.9. The highest BCUT2D eigenvalue weighted by Crippen LogP contribution is 2.40. The predicted molar refractivity (Wildman–Crippen MR) is 271 cm³/mol. The maximum Gasteiger partial charge on any atom is 0.329 e. The molecule has 14 heteroatoms. The van der Waals surface area contributed by atoms with Crippen molar-refractivity contribution in [3.8, 4) is 0 Å². The molecular weight excluding hydrogens is 891 g/mol. The summed E-state index contributed by atoms with van der Waals surface area (Å²) in [6.07, 6.45) is 9.31. The summed E-state index contributed by atoms with van der Waals surface area (Å²) in [4.78, 5) is 61.2. The number of rotatable bonds is 11. The highest BCUT2D eigenvalue weighted by Gasteiger charge is 2.56. The Kier molecular flexibility index (Phi) is 19.3. The van der Waals surface area contributed by atoms with E-state index in [1.165, 1.54) is 4.90 Å². The van der Waals surface area contributed by atoms with Gasteiger partial charge in [-0.1, -0.05) is 51.5 Å². The maximum absolute atomic E-state index is 14.7. The summed E-state index contributed by atoms with van der Waals surface area (Å²) in [6.45, 7) is 18.6. The van der Waals surface area contributed by atoms with Crippen molar-refractivity contribution in [1.29, 1.82) is 0 Å². The molecule has 388 valence electrons. The van der Waals surface area contributed by atoms with E-state index >= 15 is 0 Å². The topological polar surface area (TPSA) is 166 Å². The third-order valence-corrected chi connectivity index (χ3v) is 16.0. The Morgan fingerprint density at radius 1 is 0.971 bits per heavy atom. The van der Waals surface area contributed by atoms with Crippen molar-refractivity contribution in [3.63, 3.8) is 0 Å². The van der Waals surface area contributed by atoms with Crippen LogP contribution >= 0.6 is 0 Å². The number of carbonyl (C=O) groups is 4. The Hall–Kier alpha value is -4.18. The zero-order valence-electron chi connectivity index (χ0n) is 43.6. The van der Waals surface area contributed by atoms with Crippen LogP contribution in [-0.2, 0) is 49.4 Å². The molecule has 3 fully saturated rings. The average Bonchev–Trinajstić information content (AvgIpc) is 3.75. The summed E-state index contributed by atoms with van der Waals surface area (Å²) < 4.78 is 33.2. The van der Waals surface area contributed by atoms with Crippen LogP contribution in [0, 0.1) is 29.6 Å². The number of allylic oxidation sites excluding steroid dienone is 4. The molecule has 2 bridgehead atoms. The molecule has 4 aliphatic rings. The number of ether oxygens (including phenoxy) is 5. The number of cyclic esters (lactones) is 1. The van der Waals surface area contributed by atoms with Gasteiger partial charge in [0.2, 0.25) is 5.79 Å². The largest absolute Gasteiger partial charge is 0.456 e. The lowest BCUT2D eigenvalue weighted by molar-refractivity contribution is -0.302. The first kappa shape index (κ1) is 55.1. The lowest BCUT2D eigenvalue weighted by atomic mass is 9.80. The minimum Gasteiger partial charge on any atom is -0.456 e. The fraction of sp³-hybridized carbons (Fsp3) is 0.679. The van der Waals surface area contributed by atoms with Crippen molar-refractivity contribution in [2.45, 2.75) is 180 Å². The number of amides is 1. The van der Waals surface area contributed by atoms with E-state index in [0.717, 1.165) is 47.1 Å².